The van der Waals surface area contributed by atoms with Crippen molar-refractivity contribution in [3.63, 3.8) is 0 Å². The highest BCUT2D eigenvalue weighted by Crippen LogP contribution is 2.28. The van der Waals surface area contributed by atoms with Crippen LogP contribution in [0.3, 0.4) is 0 Å². The number of aromatic nitrogens is 1. The number of aryl methyl sites for hydroxylation is 2. The quantitative estimate of drug-likeness (QED) is 0.734. The van der Waals surface area contributed by atoms with Gasteiger partial charge >= 0.3 is 0 Å². The molecule has 0 N–H and O–H groups in total. The molecular weight excluding hydrogens is 226 g/mol. The Morgan fingerprint density at radius 3 is 2.59 bits per heavy atom. The van der Waals surface area contributed by atoms with Gasteiger partial charge in [0.2, 0.25) is 0 Å². The third kappa shape index (κ3) is 2.47. The maximum atomic E-state index is 4.57. The molecule has 2 heteroatoms. The first-order chi connectivity index (χ1) is 8.11. The number of allylic oxidation sites excluding steroid dienone is 2. The molecule has 2 aromatic heterocycles. The first-order valence-corrected chi connectivity index (χ1v) is 6.65. The van der Waals surface area contributed by atoms with Crippen molar-refractivity contribution in [2.75, 3.05) is 0 Å². The molecule has 0 aromatic carbocycles. The summed E-state index contributed by atoms with van der Waals surface area (Å²) in [6.07, 6.45) is 4.07. The van der Waals surface area contributed by atoms with Crippen LogP contribution in [-0.4, -0.2) is 4.98 Å². The Morgan fingerprint density at radius 1 is 1.29 bits per heavy atom. The molecule has 0 atom stereocenters. The van der Waals surface area contributed by atoms with Crippen molar-refractivity contribution < 1.29 is 0 Å². The van der Waals surface area contributed by atoms with Gasteiger partial charge in [-0.1, -0.05) is 6.08 Å². The zero-order chi connectivity index (χ0) is 12.4. The van der Waals surface area contributed by atoms with Crippen LogP contribution >= 0.6 is 11.3 Å². The SMILES string of the molecule is C/C=C(/C)c1ncc(-c2cc(C)cs2)cc1C. The number of hydrogen-bond acceptors (Lipinski definition) is 2. The standard InChI is InChI=1S/C15H17NS/c1-5-11(3)15-12(4)7-13(8-16-15)14-6-10(2)9-17-14/h5-9H,1-4H3/b11-5-. The Balaban J connectivity index is 2.44. The van der Waals surface area contributed by atoms with Crippen LogP contribution in [0.5, 0.6) is 0 Å². The van der Waals surface area contributed by atoms with Crippen molar-refractivity contribution in [1.29, 1.82) is 0 Å². The van der Waals surface area contributed by atoms with E-state index >= 15 is 0 Å². The second-order valence-electron chi connectivity index (χ2n) is 4.35. The Morgan fingerprint density at radius 2 is 2.06 bits per heavy atom. The van der Waals surface area contributed by atoms with Gasteiger partial charge in [0.05, 0.1) is 5.69 Å². The largest absolute Gasteiger partial charge is 0.256 e. The molecule has 0 aliphatic heterocycles. The summed E-state index contributed by atoms with van der Waals surface area (Å²) < 4.78 is 0. The molecule has 0 fully saturated rings. The van der Waals surface area contributed by atoms with Gasteiger partial charge in [0, 0.05) is 16.6 Å². The summed E-state index contributed by atoms with van der Waals surface area (Å²) in [5.74, 6) is 0. The van der Waals surface area contributed by atoms with Crippen molar-refractivity contribution >= 4 is 16.9 Å². The Hall–Kier alpha value is -1.41. The molecule has 0 aliphatic rings. The van der Waals surface area contributed by atoms with Crippen molar-refractivity contribution in [3.05, 3.63) is 46.6 Å². The molecule has 0 spiro atoms. The molecule has 0 bridgehead atoms. The molecule has 2 rings (SSSR count). The highest BCUT2D eigenvalue weighted by atomic mass is 32.1. The number of hydrogen-bond donors (Lipinski definition) is 0. The fourth-order valence-electron chi connectivity index (χ4n) is 1.84. The van der Waals surface area contributed by atoms with Gasteiger partial charge in [-0.25, -0.2) is 0 Å². The smallest absolute Gasteiger partial charge is 0.0685 e. The predicted octanol–water partition coefficient (Wildman–Crippen LogP) is 4.85. The zero-order valence-corrected chi connectivity index (χ0v) is 11.6. The summed E-state index contributed by atoms with van der Waals surface area (Å²) in [5.41, 5.74) is 6.11. The molecule has 2 heterocycles. The van der Waals surface area contributed by atoms with Gasteiger partial charge in [0.15, 0.2) is 0 Å². The average molecular weight is 243 g/mol. The van der Waals surface area contributed by atoms with E-state index in [1.165, 1.54) is 27.1 Å². The number of rotatable bonds is 2. The Bertz CT molecular complexity index is 564. The third-order valence-electron chi connectivity index (χ3n) is 2.90. The van der Waals surface area contributed by atoms with Crippen LogP contribution in [0, 0.1) is 13.8 Å². The van der Waals surface area contributed by atoms with Gasteiger partial charge in [0.25, 0.3) is 0 Å². The van der Waals surface area contributed by atoms with E-state index in [1.807, 2.05) is 13.1 Å². The molecule has 17 heavy (non-hydrogen) atoms. The predicted molar refractivity (Wildman–Crippen MR) is 76.3 cm³/mol. The number of pyridine rings is 1. The molecule has 0 aliphatic carbocycles. The van der Waals surface area contributed by atoms with E-state index in [1.54, 1.807) is 11.3 Å². The minimum atomic E-state index is 1.10. The topological polar surface area (TPSA) is 12.9 Å². The average Bonchev–Trinajstić information content (AvgIpc) is 2.75. The summed E-state index contributed by atoms with van der Waals surface area (Å²) >= 11 is 1.78. The second kappa shape index (κ2) is 4.84. The Labute approximate surface area is 107 Å². The van der Waals surface area contributed by atoms with E-state index in [9.17, 15) is 0 Å². The molecular formula is C15H17NS. The van der Waals surface area contributed by atoms with Crippen LogP contribution in [0.25, 0.3) is 16.0 Å². The van der Waals surface area contributed by atoms with Gasteiger partial charge in [-0.2, -0.15) is 0 Å². The lowest BCUT2D eigenvalue weighted by Gasteiger charge is -2.06. The van der Waals surface area contributed by atoms with Crippen LogP contribution < -0.4 is 0 Å². The van der Waals surface area contributed by atoms with E-state index < -0.39 is 0 Å². The van der Waals surface area contributed by atoms with Crippen LogP contribution in [0.2, 0.25) is 0 Å². The van der Waals surface area contributed by atoms with E-state index in [4.69, 9.17) is 0 Å². The summed E-state index contributed by atoms with van der Waals surface area (Å²) in [6.45, 7) is 8.40. The van der Waals surface area contributed by atoms with Crippen LogP contribution in [0.1, 0.15) is 30.7 Å². The fraction of sp³-hybridized carbons (Fsp3) is 0.267. The molecule has 1 nitrogen and oxygen atoms in total. The van der Waals surface area contributed by atoms with Gasteiger partial charge in [-0.15, -0.1) is 11.3 Å². The first kappa shape index (κ1) is 12.1. The fourth-order valence-corrected chi connectivity index (χ4v) is 2.72. The summed E-state index contributed by atoms with van der Waals surface area (Å²) in [4.78, 5) is 5.87. The molecule has 0 radical (unpaired) electrons. The lowest BCUT2D eigenvalue weighted by molar-refractivity contribution is 1.21. The lowest BCUT2D eigenvalue weighted by atomic mass is 10.1. The minimum Gasteiger partial charge on any atom is -0.256 e. The van der Waals surface area contributed by atoms with Gasteiger partial charge in [-0.3, -0.25) is 4.98 Å². The molecule has 0 amide bonds. The minimum absolute atomic E-state index is 1.10. The zero-order valence-electron chi connectivity index (χ0n) is 10.7. The van der Waals surface area contributed by atoms with E-state index in [0.29, 0.717) is 0 Å². The summed E-state index contributed by atoms with van der Waals surface area (Å²) in [5, 5.41) is 2.18. The van der Waals surface area contributed by atoms with Crippen molar-refractivity contribution in [2.24, 2.45) is 0 Å². The first-order valence-electron chi connectivity index (χ1n) is 5.77. The monoisotopic (exact) mass is 243 g/mol. The maximum Gasteiger partial charge on any atom is 0.0685 e. The van der Waals surface area contributed by atoms with Crippen molar-refractivity contribution in [3.8, 4) is 10.4 Å². The van der Waals surface area contributed by atoms with Crippen LogP contribution in [0.15, 0.2) is 29.8 Å². The summed E-state index contributed by atoms with van der Waals surface area (Å²) in [7, 11) is 0. The summed E-state index contributed by atoms with van der Waals surface area (Å²) in [6, 6.07) is 4.43. The maximum absolute atomic E-state index is 4.57. The van der Waals surface area contributed by atoms with Crippen molar-refractivity contribution in [1.82, 2.24) is 4.98 Å². The highest BCUT2D eigenvalue weighted by Gasteiger charge is 2.06. The normalized spacial score (nSPS) is 11.9. The van der Waals surface area contributed by atoms with E-state index in [-0.39, 0.29) is 0 Å². The highest BCUT2D eigenvalue weighted by molar-refractivity contribution is 7.13. The molecule has 2 aromatic rings. The molecule has 0 saturated carbocycles. The number of thiophene rings is 1. The van der Waals surface area contributed by atoms with Crippen LogP contribution in [0.4, 0.5) is 0 Å². The molecule has 0 saturated heterocycles. The van der Waals surface area contributed by atoms with Crippen LogP contribution in [-0.2, 0) is 0 Å². The van der Waals surface area contributed by atoms with Gasteiger partial charge < -0.3 is 0 Å². The third-order valence-corrected chi connectivity index (χ3v) is 4.00. The van der Waals surface area contributed by atoms with Gasteiger partial charge in [-0.05, 0) is 61.9 Å². The lowest BCUT2D eigenvalue weighted by Crippen LogP contribution is -1.91. The van der Waals surface area contributed by atoms with E-state index in [2.05, 4.69) is 49.3 Å². The Kier molecular flexibility index (Phi) is 3.43. The second-order valence-corrected chi connectivity index (χ2v) is 5.26. The molecule has 88 valence electrons. The van der Waals surface area contributed by atoms with E-state index in [0.717, 1.165) is 5.69 Å². The molecule has 0 unspecified atom stereocenters. The number of nitrogens with zero attached hydrogens (tertiary/aromatic N) is 1. The van der Waals surface area contributed by atoms with Gasteiger partial charge in [0.1, 0.15) is 0 Å². The van der Waals surface area contributed by atoms with Crippen molar-refractivity contribution in [2.45, 2.75) is 27.7 Å².